The molecule has 0 aromatic heterocycles. The Bertz CT molecular complexity index is 483. The highest BCUT2D eigenvalue weighted by molar-refractivity contribution is 5.31. The molecule has 0 radical (unpaired) electrons. The molecule has 114 valence electrons. The first-order valence-corrected chi connectivity index (χ1v) is 7.94. The third-order valence-corrected chi connectivity index (χ3v) is 4.37. The van der Waals surface area contributed by atoms with Crippen molar-refractivity contribution in [3.8, 4) is 11.8 Å². The van der Waals surface area contributed by atoms with Crippen LogP contribution in [-0.4, -0.2) is 18.7 Å². The Morgan fingerprint density at radius 3 is 2.52 bits per heavy atom. The van der Waals surface area contributed by atoms with Gasteiger partial charge in [0.1, 0.15) is 5.75 Å². The van der Waals surface area contributed by atoms with Crippen LogP contribution < -0.4 is 10.1 Å². The molecule has 3 heteroatoms. The Hall–Kier alpha value is -1.53. The van der Waals surface area contributed by atoms with Gasteiger partial charge in [-0.3, -0.25) is 5.32 Å². The quantitative estimate of drug-likeness (QED) is 0.791. The van der Waals surface area contributed by atoms with E-state index in [1.54, 1.807) is 0 Å². The van der Waals surface area contributed by atoms with E-state index < -0.39 is 0 Å². The molecule has 0 amide bonds. The Morgan fingerprint density at radius 1 is 1.33 bits per heavy atom. The summed E-state index contributed by atoms with van der Waals surface area (Å²) in [6.45, 7) is 7.29. The monoisotopic (exact) mass is 286 g/mol. The number of hydrogen-bond donors (Lipinski definition) is 1. The molecule has 1 saturated carbocycles. The van der Waals surface area contributed by atoms with Crippen molar-refractivity contribution in [2.75, 3.05) is 6.61 Å². The molecule has 1 aliphatic carbocycles. The molecule has 1 fully saturated rings. The topological polar surface area (TPSA) is 45.0 Å². The van der Waals surface area contributed by atoms with Gasteiger partial charge in [0.15, 0.2) is 0 Å². The molecule has 1 aromatic carbocycles. The van der Waals surface area contributed by atoms with E-state index in [2.05, 4.69) is 44.3 Å². The van der Waals surface area contributed by atoms with Crippen LogP contribution in [0.15, 0.2) is 24.3 Å². The van der Waals surface area contributed by atoms with Crippen LogP contribution in [0.25, 0.3) is 0 Å². The fraction of sp³-hybridized carbons (Fsp3) is 0.611. The highest BCUT2D eigenvalue weighted by Gasteiger charge is 2.24. The minimum absolute atomic E-state index is 0.0872. The lowest BCUT2D eigenvalue weighted by atomic mass is 9.82. The molecule has 1 unspecified atom stereocenters. The molecule has 1 aliphatic rings. The first kappa shape index (κ1) is 15.9. The van der Waals surface area contributed by atoms with Crippen molar-refractivity contribution < 1.29 is 4.74 Å². The lowest BCUT2D eigenvalue weighted by Crippen LogP contribution is -2.31. The number of nitrogens with zero attached hydrogens (tertiary/aromatic N) is 1. The predicted molar refractivity (Wildman–Crippen MR) is 85.4 cm³/mol. The van der Waals surface area contributed by atoms with Gasteiger partial charge in [-0.1, -0.05) is 32.9 Å². The summed E-state index contributed by atoms with van der Waals surface area (Å²) in [4.78, 5) is 0. The lowest BCUT2D eigenvalue weighted by molar-refractivity contribution is 0.297. The fourth-order valence-corrected chi connectivity index (χ4v) is 2.22. The van der Waals surface area contributed by atoms with Crippen molar-refractivity contribution in [2.45, 2.75) is 64.0 Å². The van der Waals surface area contributed by atoms with Gasteiger partial charge in [-0.2, -0.15) is 5.26 Å². The molecular formula is C18H26N2O. The summed E-state index contributed by atoms with van der Waals surface area (Å²) in [6.07, 6.45) is 4.25. The van der Waals surface area contributed by atoms with Gasteiger partial charge in [-0.15, -0.1) is 0 Å². The van der Waals surface area contributed by atoms with Crippen LogP contribution in [0.3, 0.4) is 0 Å². The normalized spacial score (nSPS) is 16.3. The zero-order chi connectivity index (χ0) is 15.3. The average molecular weight is 286 g/mol. The van der Waals surface area contributed by atoms with Gasteiger partial charge in [0.05, 0.1) is 18.7 Å². The number of nitrogens with one attached hydrogen (secondary N) is 1. The molecule has 0 heterocycles. The summed E-state index contributed by atoms with van der Waals surface area (Å²) in [5.41, 5.74) is 1.54. The van der Waals surface area contributed by atoms with Gasteiger partial charge in [0.2, 0.25) is 0 Å². The first-order valence-electron chi connectivity index (χ1n) is 7.94. The van der Waals surface area contributed by atoms with Crippen LogP contribution in [0.4, 0.5) is 0 Å². The van der Waals surface area contributed by atoms with Crippen molar-refractivity contribution >= 4 is 0 Å². The van der Waals surface area contributed by atoms with Crippen LogP contribution in [0.5, 0.6) is 5.75 Å². The van der Waals surface area contributed by atoms with Gasteiger partial charge in [-0.25, -0.2) is 0 Å². The summed E-state index contributed by atoms with van der Waals surface area (Å²) in [7, 11) is 0. The van der Waals surface area contributed by atoms with E-state index in [9.17, 15) is 0 Å². The molecule has 1 N–H and O–H groups in total. The summed E-state index contributed by atoms with van der Waals surface area (Å²) >= 11 is 0. The second-order valence-electron chi connectivity index (χ2n) is 6.52. The van der Waals surface area contributed by atoms with E-state index >= 15 is 0 Å². The molecule has 1 atom stereocenters. The molecule has 3 nitrogen and oxygen atoms in total. The summed E-state index contributed by atoms with van der Waals surface area (Å²) in [5, 5.41) is 12.4. The minimum atomic E-state index is -0.0872. The zero-order valence-corrected chi connectivity index (χ0v) is 13.4. The maximum absolute atomic E-state index is 9.08. The molecule has 0 bridgehead atoms. The van der Waals surface area contributed by atoms with Gasteiger partial charge in [0.25, 0.3) is 0 Å². The molecule has 0 aliphatic heterocycles. The summed E-state index contributed by atoms with van der Waals surface area (Å²) in [5.74, 6) is 0.883. The molecule has 21 heavy (non-hydrogen) atoms. The summed E-state index contributed by atoms with van der Waals surface area (Å²) < 4.78 is 5.75. The Labute approximate surface area is 128 Å². The van der Waals surface area contributed by atoms with Gasteiger partial charge < -0.3 is 4.74 Å². The Morgan fingerprint density at radius 2 is 2.00 bits per heavy atom. The van der Waals surface area contributed by atoms with Crippen molar-refractivity contribution in [3.05, 3.63) is 29.8 Å². The standard InChI is InChI=1S/C18H26N2O/c1-4-18(2,3)14-5-9-17(10-6-14)21-12-11-16(13-19)20-15-7-8-15/h5-6,9-10,15-16,20H,4,7-8,11-12H2,1-3H3. The van der Waals surface area contributed by atoms with Crippen molar-refractivity contribution in [1.82, 2.24) is 5.32 Å². The fourth-order valence-electron chi connectivity index (χ4n) is 2.22. The lowest BCUT2D eigenvalue weighted by Gasteiger charge is -2.23. The molecular weight excluding hydrogens is 260 g/mol. The van der Waals surface area contributed by atoms with Gasteiger partial charge in [-0.05, 0) is 42.4 Å². The van der Waals surface area contributed by atoms with E-state index in [0.29, 0.717) is 12.6 Å². The molecule has 0 spiro atoms. The smallest absolute Gasteiger partial charge is 0.119 e. The maximum Gasteiger partial charge on any atom is 0.119 e. The van der Waals surface area contributed by atoms with Crippen LogP contribution >= 0.6 is 0 Å². The second kappa shape index (κ2) is 6.95. The van der Waals surface area contributed by atoms with Gasteiger partial charge in [0, 0.05) is 12.5 Å². The minimum Gasteiger partial charge on any atom is -0.493 e. The number of rotatable bonds is 8. The third-order valence-electron chi connectivity index (χ3n) is 4.37. The van der Waals surface area contributed by atoms with E-state index in [1.165, 1.54) is 18.4 Å². The van der Waals surface area contributed by atoms with Crippen LogP contribution in [0, 0.1) is 11.3 Å². The predicted octanol–water partition coefficient (Wildman–Crippen LogP) is 3.79. The van der Waals surface area contributed by atoms with E-state index in [1.807, 2.05) is 12.1 Å². The summed E-state index contributed by atoms with van der Waals surface area (Å²) in [6, 6.07) is 11.1. The SMILES string of the molecule is CCC(C)(C)c1ccc(OCCC(C#N)NC2CC2)cc1. The number of nitriles is 1. The largest absolute Gasteiger partial charge is 0.493 e. The van der Waals surface area contributed by atoms with Gasteiger partial charge >= 0.3 is 0 Å². The van der Waals surface area contributed by atoms with Crippen molar-refractivity contribution in [2.24, 2.45) is 0 Å². The van der Waals surface area contributed by atoms with E-state index in [0.717, 1.165) is 18.6 Å². The van der Waals surface area contributed by atoms with E-state index in [-0.39, 0.29) is 11.5 Å². The third kappa shape index (κ3) is 4.75. The number of benzene rings is 1. The Kier molecular flexibility index (Phi) is 5.25. The molecule has 1 aromatic rings. The number of hydrogen-bond acceptors (Lipinski definition) is 3. The Balaban J connectivity index is 1.79. The zero-order valence-electron chi connectivity index (χ0n) is 13.4. The van der Waals surface area contributed by atoms with Crippen molar-refractivity contribution in [1.29, 1.82) is 5.26 Å². The van der Waals surface area contributed by atoms with Crippen molar-refractivity contribution in [3.63, 3.8) is 0 Å². The highest BCUT2D eigenvalue weighted by atomic mass is 16.5. The number of ether oxygens (including phenoxy) is 1. The van der Waals surface area contributed by atoms with E-state index in [4.69, 9.17) is 10.00 Å². The van der Waals surface area contributed by atoms with Crippen LogP contribution in [0.1, 0.15) is 52.0 Å². The average Bonchev–Trinajstić information content (AvgIpc) is 3.30. The highest BCUT2D eigenvalue weighted by Crippen LogP contribution is 2.28. The maximum atomic E-state index is 9.08. The van der Waals surface area contributed by atoms with Crippen LogP contribution in [-0.2, 0) is 5.41 Å². The molecule has 2 rings (SSSR count). The molecule has 0 saturated heterocycles. The first-order chi connectivity index (χ1) is 10.0. The van der Waals surface area contributed by atoms with Crippen LogP contribution in [0.2, 0.25) is 0 Å². The second-order valence-corrected chi connectivity index (χ2v) is 6.52.